The summed E-state index contributed by atoms with van der Waals surface area (Å²) in [5.41, 5.74) is 1.36. The summed E-state index contributed by atoms with van der Waals surface area (Å²) in [6, 6.07) is 15.0. The average molecular weight is 317 g/mol. The van der Waals surface area contributed by atoms with Gasteiger partial charge in [-0.2, -0.15) is 0 Å². The number of nitrogens with zero attached hydrogens (tertiary/aromatic N) is 1. The molecule has 2 aromatic carbocycles. The maximum Gasteiger partial charge on any atom is 0.137 e. The first-order valence-corrected chi connectivity index (χ1v) is 8.55. The van der Waals surface area contributed by atoms with Crippen LogP contribution in [0.1, 0.15) is 17.7 Å². The lowest BCUT2D eigenvalue weighted by atomic mass is 10.0. The zero-order valence-electron chi connectivity index (χ0n) is 12.1. The van der Waals surface area contributed by atoms with Crippen molar-refractivity contribution in [2.45, 2.75) is 12.2 Å². The average Bonchev–Trinajstić information content (AvgIpc) is 2.55. The molecule has 0 aromatic heterocycles. The van der Waals surface area contributed by atoms with Crippen molar-refractivity contribution in [1.82, 2.24) is 4.90 Å². The third kappa shape index (κ3) is 3.39. The van der Waals surface area contributed by atoms with Gasteiger partial charge in [0.05, 0.1) is 13.2 Å². The van der Waals surface area contributed by atoms with Crippen LogP contribution >= 0.6 is 24.0 Å². The molecule has 2 aromatic rings. The lowest BCUT2D eigenvalue weighted by Crippen LogP contribution is -2.38. The summed E-state index contributed by atoms with van der Waals surface area (Å²) in [5.74, 6) is 0. The van der Waals surface area contributed by atoms with Crippen LogP contribution in [0.2, 0.25) is 0 Å². The Balaban J connectivity index is 1.77. The van der Waals surface area contributed by atoms with Gasteiger partial charge in [0.1, 0.15) is 4.32 Å². The van der Waals surface area contributed by atoms with Gasteiger partial charge in [0.2, 0.25) is 0 Å². The van der Waals surface area contributed by atoms with E-state index in [1.54, 1.807) is 11.8 Å². The van der Waals surface area contributed by atoms with E-state index in [4.69, 9.17) is 17.0 Å². The molecule has 4 heteroatoms. The van der Waals surface area contributed by atoms with Crippen molar-refractivity contribution < 1.29 is 4.74 Å². The summed E-state index contributed by atoms with van der Waals surface area (Å²) in [5, 5.41) is 2.97. The van der Waals surface area contributed by atoms with Gasteiger partial charge < -0.3 is 9.64 Å². The molecule has 1 saturated heterocycles. The SMILES string of the molecule is CC(SC(=S)N1CCOCC1)c1cccc2ccccc12. The maximum atomic E-state index is 5.61. The molecular formula is C17H19NOS2. The second-order valence-electron chi connectivity index (χ2n) is 5.19. The van der Waals surface area contributed by atoms with Crippen molar-refractivity contribution in [2.75, 3.05) is 26.3 Å². The molecule has 0 saturated carbocycles. The maximum absolute atomic E-state index is 5.61. The molecule has 0 amide bonds. The van der Waals surface area contributed by atoms with Crippen molar-refractivity contribution in [2.24, 2.45) is 0 Å². The Bertz CT molecular complexity index is 632. The van der Waals surface area contributed by atoms with E-state index in [9.17, 15) is 0 Å². The second-order valence-corrected chi connectivity index (χ2v) is 7.17. The number of hydrogen-bond acceptors (Lipinski definition) is 3. The van der Waals surface area contributed by atoms with Gasteiger partial charge in [0.25, 0.3) is 0 Å². The molecule has 1 atom stereocenters. The number of fused-ring (bicyclic) bond motifs is 1. The number of morpholine rings is 1. The molecule has 1 aliphatic heterocycles. The van der Waals surface area contributed by atoms with E-state index in [2.05, 4.69) is 54.3 Å². The van der Waals surface area contributed by atoms with Crippen LogP contribution < -0.4 is 0 Å². The van der Waals surface area contributed by atoms with Crippen LogP contribution in [0.5, 0.6) is 0 Å². The Morgan fingerprint density at radius 3 is 2.67 bits per heavy atom. The van der Waals surface area contributed by atoms with Crippen molar-refractivity contribution in [3.63, 3.8) is 0 Å². The number of hydrogen-bond donors (Lipinski definition) is 0. The summed E-state index contributed by atoms with van der Waals surface area (Å²) in [6.07, 6.45) is 0. The summed E-state index contributed by atoms with van der Waals surface area (Å²) in [6.45, 7) is 5.62. The summed E-state index contributed by atoms with van der Waals surface area (Å²) in [7, 11) is 0. The molecule has 0 aliphatic carbocycles. The highest BCUT2D eigenvalue weighted by Crippen LogP contribution is 2.35. The van der Waals surface area contributed by atoms with Crippen molar-refractivity contribution in [3.05, 3.63) is 48.0 Å². The Hall–Kier alpha value is -1.10. The topological polar surface area (TPSA) is 12.5 Å². The van der Waals surface area contributed by atoms with E-state index < -0.39 is 0 Å². The van der Waals surface area contributed by atoms with Crippen molar-refractivity contribution >= 4 is 39.1 Å². The highest BCUT2D eigenvalue weighted by atomic mass is 32.2. The normalized spacial score (nSPS) is 16.9. The Morgan fingerprint density at radius 2 is 1.86 bits per heavy atom. The minimum absolute atomic E-state index is 0.353. The molecule has 3 rings (SSSR count). The van der Waals surface area contributed by atoms with Crippen LogP contribution in [0.3, 0.4) is 0 Å². The highest BCUT2D eigenvalue weighted by Gasteiger charge is 2.18. The molecule has 110 valence electrons. The first-order chi connectivity index (χ1) is 10.3. The first-order valence-electron chi connectivity index (χ1n) is 7.26. The van der Waals surface area contributed by atoms with E-state index in [1.807, 2.05) is 0 Å². The number of thiocarbonyl (C=S) groups is 1. The van der Waals surface area contributed by atoms with Crippen LogP contribution in [-0.4, -0.2) is 35.5 Å². The molecule has 1 heterocycles. The minimum atomic E-state index is 0.353. The lowest BCUT2D eigenvalue weighted by molar-refractivity contribution is 0.0702. The van der Waals surface area contributed by atoms with Crippen LogP contribution in [0, 0.1) is 0 Å². The summed E-state index contributed by atoms with van der Waals surface area (Å²) in [4.78, 5) is 2.26. The van der Waals surface area contributed by atoms with Gasteiger partial charge in [-0.15, -0.1) is 0 Å². The first kappa shape index (κ1) is 14.8. The fourth-order valence-corrected chi connectivity index (χ4v) is 4.22. The number of thioether (sulfide) groups is 1. The number of benzene rings is 2. The second kappa shape index (κ2) is 6.77. The zero-order valence-corrected chi connectivity index (χ0v) is 13.8. The largest absolute Gasteiger partial charge is 0.378 e. The van der Waals surface area contributed by atoms with E-state index >= 15 is 0 Å². The van der Waals surface area contributed by atoms with E-state index in [0.29, 0.717) is 5.25 Å². The highest BCUT2D eigenvalue weighted by molar-refractivity contribution is 8.23. The van der Waals surface area contributed by atoms with Crippen LogP contribution in [-0.2, 0) is 4.74 Å². The van der Waals surface area contributed by atoms with Crippen LogP contribution in [0.15, 0.2) is 42.5 Å². The lowest BCUT2D eigenvalue weighted by Gasteiger charge is -2.29. The predicted molar refractivity (Wildman–Crippen MR) is 94.9 cm³/mol. The Morgan fingerprint density at radius 1 is 1.14 bits per heavy atom. The van der Waals surface area contributed by atoms with Gasteiger partial charge in [-0.05, 0) is 23.3 Å². The van der Waals surface area contributed by atoms with Gasteiger partial charge in [-0.1, -0.05) is 66.4 Å². The molecule has 2 nitrogen and oxygen atoms in total. The van der Waals surface area contributed by atoms with Gasteiger partial charge >= 0.3 is 0 Å². The molecule has 1 fully saturated rings. The predicted octanol–water partition coefficient (Wildman–Crippen LogP) is 4.25. The quantitative estimate of drug-likeness (QED) is 0.767. The Kier molecular flexibility index (Phi) is 4.78. The number of ether oxygens (including phenoxy) is 1. The molecular weight excluding hydrogens is 298 g/mol. The summed E-state index contributed by atoms with van der Waals surface area (Å²) < 4.78 is 6.37. The zero-order chi connectivity index (χ0) is 14.7. The molecule has 1 aliphatic rings. The van der Waals surface area contributed by atoms with E-state index in [1.165, 1.54) is 16.3 Å². The van der Waals surface area contributed by atoms with Crippen molar-refractivity contribution in [1.29, 1.82) is 0 Å². The smallest absolute Gasteiger partial charge is 0.137 e. The molecule has 0 radical (unpaired) electrons. The molecule has 21 heavy (non-hydrogen) atoms. The monoisotopic (exact) mass is 317 g/mol. The molecule has 0 N–H and O–H groups in total. The third-order valence-electron chi connectivity index (χ3n) is 3.81. The van der Waals surface area contributed by atoms with Crippen molar-refractivity contribution in [3.8, 4) is 0 Å². The molecule has 0 spiro atoms. The fourth-order valence-electron chi connectivity index (χ4n) is 2.64. The third-order valence-corrected chi connectivity index (χ3v) is 5.42. The standard InChI is InChI=1S/C17H19NOS2/c1-13(21-17(20)18-9-11-19-12-10-18)15-8-4-6-14-5-2-3-7-16(14)15/h2-8,13H,9-12H2,1H3. The van der Waals surface area contributed by atoms with E-state index in [0.717, 1.165) is 30.6 Å². The van der Waals surface area contributed by atoms with Gasteiger partial charge in [-0.3, -0.25) is 0 Å². The Labute approximate surface area is 135 Å². The van der Waals surface area contributed by atoms with Crippen LogP contribution in [0.4, 0.5) is 0 Å². The van der Waals surface area contributed by atoms with E-state index in [-0.39, 0.29) is 0 Å². The van der Waals surface area contributed by atoms with Gasteiger partial charge in [-0.25, -0.2) is 0 Å². The number of rotatable bonds is 2. The van der Waals surface area contributed by atoms with Gasteiger partial charge in [0.15, 0.2) is 0 Å². The fraction of sp³-hybridized carbons (Fsp3) is 0.353. The molecule has 0 bridgehead atoms. The minimum Gasteiger partial charge on any atom is -0.378 e. The summed E-state index contributed by atoms with van der Waals surface area (Å²) >= 11 is 7.38. The van der Waals surface area contributed by atoms with Crippen LogP contribution in [0.25, 0.3) is 10.8 Å². The van der Waals surface area contributed by atoms with Gasteiger partial charge in [0, 0.05) is 18.3 Å². The molecule has 1 unspecified atom stereocenters.